The zero-order valence-electron chi connectivity index (χ0n) is 17.2. The lowest BCUT2D eigenvalue weighted by Gasteiger charge is -2.19. The third-order valence-electron chi connectivity index (χ3n) is 5.07. The predicted molar refractivity (Wildman–Crippen MR) is 123 cm³/mol. The Bertz CT molecular complexity index is 926. The number of hydrazine groups is 1. The molecule has 1 aliphatic carbocycles. The number of rotatable bonds is 7. The molecule has 1 aromatic heterocycles. The van der Waals surface area contributed by atoms with Crippen LogP contribution in [0, 0.1) is 12.8 Å². The van der Waals surface area contributed by atoms with Crippen molar-refractivity contribution in [2.75, 3.05) is 16.8 Å². The summed E-state index contributed by atoms with van der Waals surface area (Å²) in [5.74, 6) is 0.133. The second-order valence-corrected chi connectivity index (χ2v) is 9.61. The molecular formula is C22H27N3O3S2. The normalized spacial score (nSPS) is 15.2. The van der Waals surface area contributed by atoms with Gasteiger partial charge in [0, 0.05) is 10.6 Å². The molecule has 0 fully saturated rings. The van der Waals surface area contributed by atoms with E-state index in [2.05, 4.69) is 23.1 Å². The van der Waals surface area contributed by atoms with Crippen molar-refractivity contribution in [1.82, 2.24) is 10.9 Å². The van der Waals surface area contributed by atoms with Crippen molar-refractivity contribution in [3.05, 3.63) is 51.2 Å². The average Bonchev–Trinajstić information content (AvgIpc) is 3.15. The van der Waals surface area contributed by atoms with E-state index in [4.69, 9.17) is 0 Å². The lowest BCUT2D eigenvalue weighted by Crippen LogP contribution is -2.42. The maximum absolute atomic E-state index is 12.3. The highest BCUT2D eigenvalue weighted by atomic mass is 32.2. The van der Waals surface area contributed by atoms with Gasteiger partial charge < -0.3 is 5.32 Å². The van der Waals surface area contributed by atoms with Gasteiger partial charge in [-0.1, -0.05) is 25.5 Å². The molecule has 0 aliphatic heterocycles. The molecule has 0 bridgehead atoms. The highest BCUT2D eigenvalue weighted by molar-refractivity contribution is 8.00. The maximum atomic E-state index is 12.3. The minimum atomic E-state index is -0.343. The molecular weight excluding hydrogens is 418 g/mol. The number of hydrogen-bond acceptors (Lipinski definition) is 5. The van der Waals surface area contributed by atoms with Crippen molar-refractivity contribution >= 4 is 46.5 Å². The van der Waals surface area contributed by atoms with E-state index in [1.807, 2.05) is 37.3 Å². The molecule has 0 radical (unpaired) electrons. The fourth-order valence-electron chi connectivity index (χ4n) is 3.44. The molecule has 3 N–H and O–H groups in total. The quantitative estimate of drug-likeness (QED) is 0.567. The van der Waals surface area contributed by atoms with Crippen LogP contribution in [0.5, 0.6) is 0 Å². The van der Waals surface area contributed by atoms with E-state index in [0.29, 0.717) is 10.8 Å². The van der Waals surface area contributed by atoms with Crippen LogP contribution in [0.25, 0.3) is 0 Å². The summed E-state index contributed by atoms with van der Waals surface area (Å²) in [5.41, 5.74) is 7.97. The van der Waals surface area contributed by atoms with Gasteiger partial charge in [0.05, 0.1) is 16.4 Å². The van der Waals surface area contributed by atoms with Crippen LogP contribution >= 0.6 is 23.1 Å². The summed E-state index contributed by atoms with van der Waals surface area (Å²) in [7, 11) is 0. The number of hydrogen-bond donors (Lipinski definition) is 3. The number of thiophene rings is 1. The van der Waals surface area contributed by atoms with Gasteiger partial charge in [-0.3, -0.25) is 25.2 Å². The number of thioether (sulfide) groups is 1. The molecule has 1 aromatic carbocycles. The summed E-state index contributed by atoms with van der Waals surface area (Å²) in [6.07, 6.45) is 4.40. The van der Waals surface area contributed by atoms with E-state index in [1.54, 1.807) is 0 Å². The van der Waals surface area contributed by atoms with E-state index in [9.17, 15) is 14.4 Å². The van der Waals surface area contributed by atoms with Crippen LogP contribution in [-0.4, -0.2) is 29.2 Å². The Morgan fingerprint density at radius 1 is 1.13 bits per heavy atom. The largest absolute Gasteiger partial charge is 0.325 e. The zero-order valence-corrected chi connectivity index (χ0v) is 18.9. The van der Waals surface area contributed by atoms with Crippen molar-refractivity contribution in [2.24, 2.45) is 5.92 Å². The summed E-state index contributed by atoms with van der Waals surface area (Å²) >= 11 is 2.70. The van der Waals surface area contributed by atoms with E-state index in [1.165, 1.54) is 40.0 Å². The number of carbonyl (C=O) groups excluding carboxylic acids is 3. The molecule has 0 saturated carbocycles. The van der Waals surface area contributed by atoms with Crippen LogP contribution in [0.1, 0.15) is 45.4 Å². The highest BCUT2D eigenvalue weighted by Gasteiger charge is 2.22. The number of nitrogens with one attached hydrogen (secondary N) is 3. The Labute approximate surface area is 185 Å². The smallest absolute Gasteiger partial charge is 0.279 e. The first kappa shape index (κ1) is 22.4. The molecule has 1 atom stereocenters. The predicted octanol–water partition coefficient (Wildman–Crippen LogP) is 3.70. The first-order valence-corrected chi connectivity index (χ1v) is 12.1. The standard InChI is InChI=1S/C22H27N3O3S2/c1-3-15-7-8-18-16(10-15)11-19(30-18)22(28)25-24-21(27)13-29-12-20(26)23-17-6-4-5-14(2)9-17/h4-6,9,11,15H,3,7-8,10,12-13H2,1-2H3,(H,23,26)(H,24,27)(H,25,28). The molecule has 2 aromatic rings. The molecule has 1 heterocycles. The average molecular weight is 446 g/mol. The molecule has 8 heteroatoms. The van der Waals surface area contributed by atoms with Crippen molar-refractivity contribution in [3.63, 3.8) is 0 Å². The zero-order chi connectivity index (χ0) is 21.5. The second-order valence-electron chi connectivity index (χ2n) is 7.49. The summed E-state index contributed by atoms with van der Waals surface area (Å²) < 4.78 is 0. The third-order valence-corrected chi connectivity index (χ3v) is 7.24. The van der Waals surface area contributed by atoms with Gasteiger partial charge in [-0.15, -0.1) is 23.1 Å². The Kier molecular flexibility index (Phi) is 7.93. The van der Waals surface area contributed by atoms with E-state index < -0.39 is 0 Å². The molecule has 30 heavy (non-hydrogen) atoms. The Hall–Kier alpha value is -2.32. The molecule has 1 aliphatic rings. The monoisotopic (exact) mass is 445 g/mol. The lowest BCUT2D eigenvalue weighted by atomic mass is 9.87. The third kappa shape index (κ3) is 6.34. The maximum Gasteiger partial charge on any atom is 0.279 e. The van der Waals surface area contributed by atoms with E-state index in [-0.39, 0.29) is 29.2 Å². The van der Waals surface area contributed by atoms with Crippen LogP contribution < -0.4 is 16.2 Å². The van der Waals surface area contributed by atoms with Crippen LogP contribution in [0.4, 0.5) is 5.69 Å². The summed E-state index contributed by atoms with van der Waals surface area (Å²) in [6.45, 7) is 4.16. The lowest BCUT2D eigenvalue weighted by molar-refractivity contribution is -0.119. The van der Waals surface area contributed by atoms with Crippen molar-refractivity contribution in [3.8, 4) is 0 Å². The summed E-state index contributed by atoms with van der Waals surface area (Å²) in [6, 6.07) is 9.49. The second kappa shape index (κ2) is 10.6. The Morgan fingerprint density at radius 3 is 2.70 bits per heavy atom. The molecule has 1 unspecified atom stereocenters. The molecule has 0 saturated heterocycles. The van der Waals surface area contributed by atoms with Gasteiger partial charge in [0.2, 0.25) is 11.8 Å². The summed E-state index contributed by atoms with van der Waals surface area (Å²) in [5, 5.41) is 2.80. The van der Waals surface area contributed by atoms with Gasteiger partial charge in [0.15, 0.2) is 0 Å². The van der Waals surface area contributed by atoms with Gasteiger partial charge in [-0.25, -0.2) is 0 Å². The molecule has 6 nitrogen and oxygen atoms in total. The minimum absolute atomic E-state index is 0.0840. The van der Waals surface area contributed by atoms with Gasteiger partial charge >= 0.3 is 0 Å². The SMILES string of the molecule is CCC1CCc2sc(C(=O)NNC(=O)CSCC(=O)Nc3cccc(C)c3)cc2C1. The van der Waals surface area contributed by atoms with E-state index >= 15 is 0 Å². The molecule has 3 rings (SSSR count). The van der Waals surface area contributed by atoms with Gasteiger partial charge in [-0.05, 0) is 61.4 Å². The molecule has 0 spiro atoms. The molecule has 160 valence electrons. The fraction of sp³-hybridized carbons (Fsp3) is 0.409. The fourth-order valence-corrected chi connectivity index (χ4v) is 5.16. The van der Waals surface area contributed by atoms with Crippen LogP contribution in [-0.2, 0) is 22.4 Å². The number of amides is 3. The van der Waals surface area contributed by atoms with Crippen molar-refractivity contribution in [1.29, 1.82) is 0 Å². The number of carbonyl (C=O) groups is 3. The highest BCUT2D eigenvalue weighted by Crippen LogP contribution is 2.33. The first-order chi connectivity index (χ1) is 14.4. The Balaban J connectivity index is 1.37. The number of benzene rings is 1. The number of anilines is 1. The molecule has 3 amide bonds. The van der Waals surface area contributed by atoms with E-state index in [0.717, 1.165) is 30.5 Å². The van der Waals surface area contributed by atoms with Gasteiger partial charge in [0.25, 0.3) is 5.91 Å². The Morgan fingerprint density at radius 2 is 1.93 bits per heavy atom. The van der Waals surface area contributed by atoms with Crippen molar-refractivity contribution < 1.29 is 14.4 Å². The van der Waals surface area contributed by atoms with Crippen LogP contribution in [0.15, 0.2) is 30.3 Å². The van der Waals surface area contributed by atoms with Crippen LogP contribution in [0.3, 0.4) is 0 Å². The van der Waals surface area contributed by atoms with Crippen molar-refractivity contribution in [2.45, 2.75) is 39.5 Å². The van der Waals surface area contributed by atoms with Gasteiger partial charge in [0.1, 0.15) is 0 Å². The number of fused-ring (bicyclic) bond motifs is 1. The topological polar surface area (TPSA) is 87.3 Å². The number of aryl methyl sites for hydroxylation is 2. The summed E-state index contributed by atoms with van der Waals surface area (Å²) in [4.78, 5) is 38.2. The first-order valence-electron chi connectivity index (χ1n) is 10.1. The van der Waals surface area contributed by atoms with Crippen LogP contribution in [0.2, 0.25) is 0 Å². The minimum Gasteiger partial charge on any atom is -0.325 e. The van der Waals surface area contributed by atoms with Gasteiger partial charge in [-0.2, -0.15) is 0 Å².